The first kappa shape index (κ1) is 10.1. The molecule has 0 aromatic carbocycles. The van der Waals surface area contributed by atoms with Crippen LogP contribution in [0.5, 0.6) is 0 Å². The van der Waals surface area contributed by atoms with E-state index in [2.05, 4.69) is 22.2 Å². The van der Waals surface area contributed by atoms with E-state index in [9.17, 15) is 0 Å². The molecule has 0 fully saturated rings. The molecule has 1 aromatic rings. The average Bonchev–Trinajstić information content (AvgIpc) is 2.53. The van der Waals surface area contributed by atoms with Crippen molar-refractivity contribution in [1.82, 2.24) is 10.3 Å². The third-order valence-electron chi connectivity index (χ3n) is 1.20. The van der Waals surface area contributed by atoms with E-state index in [-0.39, 0.29) is 0 Å². The lowest BCUT2D eigenvalue weighted by Crippen LogP contribution is -2.29. The van der Waals surface area contributed by atoms with E-state index in [1.807, 2.05) is 12.3 Å². The molecule has 0 saturated carbocycles. The third kappa shape index (κ3) is 4.00. The molecule has 1 aromatic heterocycles. The lowest BCUT2D eigenvalue weighted by Gasteiger charge is -2.07. The first-order chi connectivity index (χ1) is 6.18. The summed E-state index contributed by atoms with van der Waals surface area (Å²) in [5.41, 5.74) is 1.04. The first-order valence-electron chi connectivity index (χ1n) is 3.77. The summed E-state index contributed by atoms with van der Waals surface area (Å²) in [6.45, 7) is 6.40. The molecule has 0 amide bonds. The van der Waals surface area contributed by atoms with Gasteiger partial charge in [-0.2, -0.15) is 0 Å². The molecule has 1 heterocycles. The Kier molecular flexibility index (Phi) is 3.85. The topological polar surface area (TPSA) is 37.0 Å². The summed E-state index contributed by atoms with van der Waals surface area (Å²) in [6.07, 6.45) is 1.73. The number of nitrogens with one attached hydrogen (secondary N) is 2. The number of anilines is 1. The molecule has 0 atom stereocenters. The predicted octanol–water partition coefficient (Wildman–Crippen LogP) is 2.01. The quantitative estimate of drug-likeness (QED) is 0.595. The van der Waals surface area contributed by atoms with Gasteiger partial charge in [0.15, 0.2) is 10.2 Å². The highest BCUT2D eigenvalue weighted by molar-refractivity contribution is 7.80. The van der Waals surface area contributed by atoms with Gasteiger partial charge in [0.2, 0.25) is 0 Å². The predicted molar refractivity (Wildman–Crippen MR) is 61.2 cm³/mol. The molecule has 0 unspecified atom stereocenters. The summed E-state index contributed by atoms with van der Waals surface area (Å²) in [7, 11) is 0. The highest BCUT2D eigenvalue weighted by Gasteiger charge is 1.97. The molecule has 0 aliphatic rings. The van der Waals surface area contributed by atoms with Crippen LogP contribution in [0.15, 0.2) is 23.7 Å². The molecular weight excluding hydrogens is 202 g/mol. The molecule has 0 aliphatic carbocycles. The van der Waals surface area contributed by atoms with Crippen LogP contribution in [-0.4, -0.2) is 16.6 Å². The summed E-state index contributed by atoms with van der Waals surface area (Å²) in [5.74, 6) is 0. The standard InChI is InChI=1S/C8H11N3S2/c1-6(2)5-10-7(12)11-8-9-3-4-13-8/h3-4H,1,5H2,2H3,(H2,9,10,11,12). The molecule has 1 rings (SSSR count). The minimum atomic E-state index is 0.581. The molecule has 0 bridgehead atoms. The number of hydrogen-bond donors (Lipinski definition) is 2. The highest BCUT2D eigenvalue weighted by atomic mass is 32.1. The van der Waals surface area contributed by atoms with E-state index in [1.165, 1.54) is 11.3 Å². The minimum absolute atomic E-state index is 0.581. The van der Waals surface area contributed by atoms with Gasteiger partial charge in [0, 0.05) is 18.1 Å². The monoisotopic (exact) mass is 213 g/mol. The Bertz CT molecular complexity index is 292. The second-order valence-electron chi connectivity index (χ2n) is 2.60. The smallest absolute Gasteiger partial charge is 0.188 e. The zero-order valence-corrected chi connectivity index (χ0v) is 8.97. The lowest BCUT2D eigenvalue weighted by molar-refractivity contribution is 0.999. The summed E-state index contributed by atoms with van der Waals surface area (Å²) in [6, 6.07) is 0. The van der Waals surface area contributed by atoms with E-state index in [1.54, 1.807) is 6.20 Å². The Balaban J connectivity index is 2.30. The van der Waals surface area contributed by atoms with Gasteiger partial charge in [-0.1, -0.05) is 12.2 Å². The summed E-state index contributed by atoms with van der Waals surface area (Å²) in [4.78, 5) is 4.04. The van der Waals surface area contributed by atoms with Crippen LogP contribution >= 0.6 is 23.6 Å². The van der Waals surface area contributed by atoms with Crippen molar-refractivity contribution >= 4 is 33.8 Å². The Morgan fingerprint density at radius 3 is 3.08 bits per heavy atom. The van der Waals surface area contributed by atoms with Crippen LogP contribution in [0, 0.1) is 0 Å². The van der Waals surface area contributed by atoms with Crippen LogP contribution in [0.2, 0.25) is 0 Å². The largest absolute Gasteiger partial charge is 0.359 e. The first-order valence-corrected chi connectivity index (χ1v) is 5.06. The van der Waals surface area contributed by atoms with Crippen LogP contribution < -0.4 is 10.6 Å². The maximum atomic E-state index is 5.02. The van der Waals surface area contributed by atoms with Crippen LogP contribution in [0.4, 0.5) is 5.13 Å². The van der Waals surface area contributed by atoms with Gasteiger partial charge in [-0.15, -0.1) is 11.3 Å². The number of thiocarbonyl (C=S) groups is 1. The van der Waals surface area contributed by atoms with Crippen LogP contribution in [0.3, 0.4) is 0 Å². The third-order valence-corrected chi connectivity index (χ3v) is 2.14. The van der Waals surface area contributed by atoms with Gasteiger partial charge in [0.25, 0.3) is 0 Å². The molecule has 0 spiro atoms. The number of nitrogens with zero attached hydrogens (tertiary/aromatic N) is 1. The van der Waals surface area contributed by atoms with Crippen molar-refractivity contribution in [2.75, 3.05) is 11.9 Å². The van der Waals surface area contributed by atoms with Crippen LogP contribution in [0.1, 0.15) is 6.92 Å². The van der Waals surface area contributed by atoms with Gasteiger partial charge in [-0.05, 0) is 19.1 Å². The van der Waals surface area contributed by atoms with Crippen molar-refractivity contribution in [1.29, 1.82) is 0 Å². The van der Waals surface area contributed by atoms with Gasteiger partial charge in [-0.3, -0.25) is 0 Å². The Labute approximate surface area is 86.9 Å². The number of thiazole rings is 1. The molecule has 0 saturated heterocycles. The summed E-state index contributed by atoms with van der Waals surface area (Å²) < 4.78 is 0. The summed E-state index contributed by atoms with van der Waals surface area (Å²) in [5, 5.41) is 9.25. The Morgan fingerprint density at radius 2 is 2.54 bits per heavy atom. The molecular formula is C8H11N3S2. The van der Waals surface area contributed by atoms with E-state index in [0.29, 0.717) is 11.7 Å². The van der Waals surface area contributed by atoms with Gasteiger partial charge >= 0.3 is 0 Å². The van der Waals surface area contributed by atoms with Gasteiger partial charge in [0.1, 0.15) is 0 Å². The summed E-state index contributed by atoms with van der Waals surface area (Å²) >= 11 is 6.54. The Hall–Kier alpha value is -0.940. The molecule has 0 aliphatic heterocycles. The van der Waals surface area contributed by atoms with Crippen LogP contribution in [0.25, 0.3) is 0 Å². The highest BCUT2D eigenvalue weighted by Crippen LogP contribution is 2.09. The normalized spacial score (nSPS) is 9.31. The number of aromatic nitrogens is 1. The molecule has 5 heteroatoms. The second kappa shape index (κ2) is 4.94. The van der Waals surface area contributed by atoms with E-state index in [4.69, 9.17) is 12.2 Å². The lowest BCUT2D eigenvalue weighted by atomic mass is 10.3. The number of rotatable bonds is 3. The second-order valence-corrected chi connectivity index (χ2v) is 3.90. The number of hydrogen-bond acceptors (Lipinski definition) is 3. The van der Waals surface area contributed by atoms with Gasteiger partial charge in [0.05, 0.1) is 0 Å². The van der Waals surface area contributed by atoms with Crippen molar-refractivity contribution in [3.8, 4) is 0 Å². The van der Waals surface area contributed by atoms with Crippen molar-refractivity contribution < 1.29 is 0 Å². The van der Waals surface area contributed by atoms with Crippen molar-refractivity contribution in [3.05, 3.63) is 23.7 Å². The Morgan fingerprint density at radius 1 is 1.77 bits per heavy atom. The SMILES string of the molecule is C=C(C)CNC(=S)Nc1nccs1. The van der Waals surface area contributed by atoms with Crippen LogP contribution in [-0.2, 0) is 0 Å². The van der Waals surface area contributed by atoms with Crippen molar-refractivity contribution in [3.63, 3.8) is 0 Å². The molecule has 2 N–H and O–H groups in total. The van der Waals surface area contributed by atoms with E-state index in [0.717, 1.165) is 10.7 Å². The minimum Gasteiger partial charge on any atom is -0.359 e. The van der Waals surface area contributed by atoms with E-state index < -0.39 is 0 Å². The van der Waals surface area contributed by atoms with Gasteiger partial charge in [-0.25, -0.2) is 4.98 Å². The average molecular weight is 213 g/mol. The zero-order valence-electron chi connectivity index (χ0n) is 7.33. The molecule has 0 radical (unpaired) electrons. The maximum absolute atomic E-state index is 5.02. The maximum Gasteiger partial charge on any atom is 0.188 e. The molecule has 3 nitrogen and oxygen atoms in total. The fourth-order valence-corrected chi connectivity index (χ4v) is 1.42. The molecule has 13 heavy (non-hydrogen) atoms. The van der Waals surface area contributed by atoms with E-state index >= 15 is 0 Å². The fraction of sp³-hybridized carbons (Fsp3) is 0.250. The fourth-order valence-electron chi connectivity index (χ4n) is 0.658. The zero-order chi connectivity index (χ0) is 9.68. The van der Waals surface area contributed by atoms with Gasteiger partial charge < -0.3 is 10.6 Å². The molecule has 70 valence electrons. The van der Waals surface area contributed by atoms with Crippen molar-refractivity contribution in [2.24, 2.45) is 0 Å². The van der Waals surface area contributed by atoms with Crippen molar-refractivity contribution in [2.45, 2.75) is 6.92 Å².